The Labute approximate surface area is 167 Å². The Hall–Kier alpha value is -1.60. The summed E-state index contributed by atoms with van der Waals surface area (Å²) in [6, 6.07) is 0. The van der Waals surface area contributed by atoms with Crippen molar-refractivity contribution < 1.29 is 9.59 Å². The topological polar surface area (TPSA) is 93.2 Å². The van der Waals surface area contributed by atoms with Gasteiger partial charge in [0.2, 0.25) is 5.91 Å². The van der Waals surface area contributed by atoms with E-state index >= 15 is 0 Å². The second kappa shape index (κ2) is 7.80. The fraction of sp³-hybridized carbons (Fsp3) is 0.737. The van der Waals surface area contributed by atoms with Crippen LogP contribution in [-0.4, -0.2) is 51.7 Å². The van der Waals surface area contributed by atoms with E-state index in [9.17, 15) is 9.59 Å². The lowest BCUT2D eigenvalue weighted by molar-refractivity contribution is -0.137. The molecule has 0 bridgehead atoms. The molecule has 1 atom stereocenters. The maximum Gasteiger partial charge on any atom is 0.255 e. The summed E-state index contributed by atoms with van der Waals surface area (Å²) in [6.45, 7) is 7.80. The molecule has 2 aliphatic rings. The van der Waals surface area contributed by atoms with Gasteiger partial charge in [0.05, 0.1) is 11.3 Å². The molecule has 1 saturated heterocycles. The zero-order valence-electron chi connectivity index (χ0n) is 16.8. The number of amides is 2. The Bertz CT molecular complexity index is 726. The van der Waals surface area contributed by atoms with Crippen molar-refractivity contribution in [2.45, 2.75) is 58.4 Å². The third-order valence-electron chi connectivity index (χ3n) is 6.29. The standard InChI is InChI=1S/C19H31N5O2.ClH/c1-13-15(14(2)23(4)22-13)16(25)21-19(7-5-6-8-19)17(26)24-10-9-18(3,11-20)12-24;/h5-12,20H2,1-4H3,(H,21,25);1H. The average Bonchev–Trinajstić information content (AvgIpc) is 3.28. The molecule has 1 unspecified atom stereocenters. The molecule has 1 saturated carbocycles. The Morgan fingerprint density at radius 1 is 1.22 bits per heavy atom. The van der Waals surface area contributed by atoms with Crippen molar-refractivity contribution in [2.24, 2.45) is 18.2 Å². The van der Waals surface area contributed by atoms with Gasteiger partial charge in [0.1, 0.15) is 5.54 Å². The molecule has 3 rings (SSSR count). The normalized spacial score (nSPS) is 24.0. The number of hydrogen-bond donors (Lipinski definition) is 2. The van der Waals surface area contributed by atoms with Gasteiger partial charge in [-0.05, 0) is 45.1 Å². The van der Waals surface area contributed by atoms with E-state index in [-0.39, 0.29) is 29.6 Å². The first-order valence-electron chi connectivity index (χ1n) is 9.53. The smallest absolute Gasteiger partial charge is 0.255 e. The number of nitrogens with one attached hydrogen (secondary N) is 1. The number of likely N-dealkylation sites (tertiary alicyclic amines) is 1. The van der Waals surface area contributed by atoms with Crippen LogP contribution in [0.4, 0.5) is 0 Å². The summed E-state index contributed by atoms with van der Waals surface area (Å²) in [6.07, 6.45) is 4.23. The molecule has 0 radical (unpaired) electrons. The molecule has 2 fully saturated rings. The van der Waals surface area contributed by atoms with E-state index in [2.05, 4.69) is 17.3 Å². The number of carbonyl (C=O) groups is 2. The predicted molar refractivity (Wildman–Crippen MR) is 107 cm³/mol. The molecule has 1 aliphatic carbocycles. The highest BCUT2D eigenvalue weighted by molar-refractivity contribution is 6.01. The monoisotopic (exact) mass is 397 g/mol. The van der Waals surface area contributed by atoms with Gasteiger partial charge in [-0.3, -0.25) is 14.3 Å². The van der Waals surface area contributed by atoms with Crippen LogP contribution < -0.4 is 11.1 Å². The highest BCUT2D eigenvalue weighted by atomic mass is 35.5. The fourth-order valence-corrected chi connectivity index (χ4v) is 4.42. The fourth-order valence-electron chi connectivity index (χ4n) is 4.42. The van der Waals surface area contributed by atoms with E-state index in [1.807, 2.05) is 25.8 Å². The molecule has 0 spiro atoms. The average molecular weight is 398 g/mol. The highest BCUT2D eigenvalue weighted by Crippen LogP contribution is 2.36. The first-order chi connectivity index (χ1) is 12.2. The van der Waals surface area contributed by atoms with E-state index in [0.29, 0.717) is 37.2 Å². The Balaban J connectivity index is 0.00000261. The van der Waals surface area contributed by atoms with Gasteiger partial charge in [0.25, 0.3) is 5.91 Å². The van der Waals surface area contributed by atoms with Crippen molar-refractivity contribution in [3.05, 3.63) is 17.0 Å². The Morgan fingerprint density at radius 2 is 1.85 bits per heavy atom. The number of nitrogens with zero attached hydrogens (tertiary/aromatic N) is 3. The summed E-state index contributed by atoms with van der Waals surface area (Å²) in [4.78, 5) is 28.3. The first kappa shape index (κ1) is 21.7. The SMILES string of the molecule is Cc1nn(C)c(C)c1C(=O)NC1(C(=O)N2CCC(C)(CN)C2)CCCC1.Cl. The van der Waals surface area contributed by atoms with Crippen molar-refractivity contribution in [1.82, 2.24) is 20.0 Å². The quantitative estimate of drug-likeness (QED) is 0.808. The van der Waals surface area contributed by atoms with Crippen LogP contribution in [0, 0.1) is 19.3 Å². The third kappa shape index (κ3) is 3.85. The number of aryl methyl sites for hydroxylation is 2. The van der Waals surface area contributed by atoms with E-state index in [1.165, 1.54) is 0 Å². The van der Waals surface area contributed by atoms with E-state index in [4.69, 9.17) is 5.73 Å². The molecule has 1 aromatic rings. The van der Waals surface area contributed by atoms with Crippen LogP contribution in [-0.2, 0) is 11.8 Å². The minimum atomic E-state index is -0.786. The number of aromatic nitrogens is 2. The second-order valence-electron chi connectivity index (χ2n) is 8.40. The van der Waals surface area contributed by atoms with Crippen LogP contribution in [0.25, 0.3) is 0 Å². The molecular formula is C19H32ClN5O2. The number of rotatable bonds is 4. The third-order valence-corrected chi connectivity index (χ3v) is 6.29. The molecule has 2 amide bonds. The number of nitrogens with two attached hydrogens (primary N) is 1. The minimum Gasteiger partial charge on any atom is -0.340 e. The first-order valence-corrected chi connectivity index (χ1v) is 9.53. The van der Waals surface area contributed by atoms with Gasteiger partial charge >= 0.3 is 0 Å². The molecule has 7 nitrogen and oxygen atoms in total. The maximum atomic E-state index is 13.4. The van der Waals surface area contributed by atoms with Crippen LogP contribution in [0.3, 0.4) is 0 Å². The molecule has 0 aromatic carbocycles. The van der Waals surface area contributed by atoms with Crippen molar-refractivity contribution in [2.75, 3.05) is 19.6 Å². The lowest BCUT2D eigenvalue weighted by Gasteiger charge is -2.34. The van der Waals surface area contributed by atoms with Gasteiger partial charge < -0.3 is 16.0 Å². The molecular weight excluding hydrogens is 366 g/mol. The molecule has 27 heavy (non-hydrogen) atoms. The van der Waals surface area contributed by atoms with Gasteiger partial charge in [-0.1, -0.05) is 19.8 Å². The zero-order valence-corrected chi connectivity index (χ0v) is 17.6. The van der Waals surface area contributed by atoms with Gasteiger partial charge in [-0.2, -0.15) is 5.10 Å². The zero-order chi connectivity index (χ0) is 19.1. The summed E-state index contributed by atoms with van der Waals surface area (Å²) >= 11 is 0. The van der Waals surface area contributed by atoms with Crippen LogP contribution in [0.2, 0.25) is 0 Å². The van der Waals surface area contributed by atoms with E-state index in [1.54, 1.807) is 4.68 Å². The van der Waals surface area contributed by atoms with Crippen LogP contribution >= 0.6 is 12.4 Å². The molecule has 1 aromatic heterocycles. The summed E-state index contributed by atoms with van der Waals surface area (Å²) < 4.78 is 1.71. The Morgan fingerprint density at radius 3 is 2.33 bits per heavy atom. The van der Waals surface area contributed by atoms with Crippen molar-refractivity contribution in [3.63, 3.8) is 0 Å². The van der Waals surface area contributed by atoms with Crippen LogP contribution in [0.15, 0.2) is 0 Å². The lowest BCUT2D eigenvalue weighted by atomic mass is 9.90. The Kier molecular flexibility index (Phi) is 6.26. The summed E-state index contributed by atoms with van der Waals surface area (Å²) in [5.41, 5.74) is 7.18. The van der Waals surface area contributed by atoms with Gasteiger partial charge in [-0.25, -0.2) is 0 Å². The predicted octanol–water partition coefficient (Wildman–Crippen LogP) is 1.70. The number of hydrogen-bond acceptors (Lipinski definition) is 4. The van der Waals surface area contributed by atoms with Gasteiger partial charge in [-0.15, -0.1) is 12.4 Å². The molecule has 8 heteroatoms. The summed E-state index contributed by atoms with van der Waals surface area (Å²) in [7, 11) is 1.83. The summed E-state index contributed by atoms with van der Waals surface area (Å²) in [5.74, 6) is -0.135. The number of halogens is 1. The molecule has 2 heterocycles. The lowest BCUT2D eigenvalue weighted by Crippen LogP contribution is -2.58. The summed E-state index contributed by atoms with van der Waals surface area (Å²) in [5, 5.41) is 7.44. The van der Waals surface area contributed by atoms with Crippen LogP contribution in [0.5, 0.6) is 0 Å². The van der Waals surface area contributed by atoms with Gasteiger partial charge in [0.15, 0.2) is 0 Å². The second-order valence-corrected chi connectivity index (χ2v) is 8.40. The largest absolute Gasteiger partial charge is 0.340 e. The highest BCUT2D eigenvalue weighted by Gasteiger charge is 2.48. The van der Waals surface area contributed by atoms with Gasteiger partial charge in [0, 0.05) is 25.8 Å². The number of carbonyl (C=O) groups excluding carboxylic acids is 2. The minimum absolute atomic E-state index is 0. The van der Waals surface area contributed by atoms with Crippen molar-refractivity contribution in [1.29, 1.82) is 0 Å². The molecule has 3 N–H and O–H groups in total. The van der Waals surface area contributed by atoms with E-state index < -0.39 is 5.54 Å². The molecule has 152 valence electrons. The van der Waals surface area contributed by atoms with E-state index in [0.717, 1.165) is 31.5 Å². The molecule has 1 aliphatic heterocycles. The van der Waals surface area contributed by atoms with Crippen LogP contribution in [0.1, 0.15) is 60.8 Å². The van der Waals surface area contributed by atoms with Crippen molar-refractivity contribution >= 4 is 24.2 Å². The van der Waals surface area contributed by atoms with Crippen molar-refractivity contribution in [3.8, 4) is 0 Å². The maximum absolute atomic E-state index is 13.4.